The summed E-state index contributed by atoms with van der Waals surface area (Å²) in [5, 5.41) is 0. The van der Waals surface area contributed by atoms with Crippen LogP contribution < -0.4 is 10.5 Å². The molecule has 1 heterocycles. The zero-order chi connectivity index (χ0) is 12.6. The molecule has 72 valence electrons. The zero-order valence-electron chi connectivity index (χ0n) is 9.22. The quantitative estimate of drug-likeness (QED) is 0.741. The van der Waals surface area contributed by atoms with E-state index in [-0.39, 0.29) is 5.69 Å². The van der Waals surface area contributed by atoms with E-state index in [0.717, 1.165) is 6.07 Å². The molecule has 0 aromatic carbocycles. The van der Waals surface area contributed by atoms with Gasteiger partial charge in [-0.1, -0.05) is 0 Å². The van der Waals surface area contributed by atoms with E-state index < -0.39 is 24.8 Å². The van der Waals surface area contributed by atoms with Crippen molar-refractivity contribution in [2.45, 2.75) is 6.18 Å². The van der Waals surface area contributed by atoms with Crippen LogP contribution in [-0.2, 0) is 6.18 Å². The molecule has 0 aliphatic heterocycles. The Labute approximate surface area is 76.5 Å². The molecule has 0 aliphatic carbocycles. The van der Waals surface area contributed by atoms with Gasteiger partial charge in [0.05, 0.1) is 16.8 Å². The molecular formula is C7H7F3N2O. The highest BCUT2D eigenvalue weighted by molar-refractivity contribution is 5.48. The first-order valence-electron chi connectivity index (χ1n) is 4.62. The van der Waals surface area contributed by atoms with E-state index in [1.54, 1.807) is 0 Å². The smallest absolute Gasteiger partial charge is 0.433 e. The number of nitrogens with zero attached hydrogens (tertiary/aromatic N) is 1. The van der Waals surface area contributed by atoms with E-state index in [1.165, 1.54) is 0 Å². The number of ether oxygens (including phenoxy) is 1. The first kappa shape index (κ1) is 6.06. The van der Waals surface area contributed by atoms with E-state index in [1.807, 2.05) is 0 Å². The van der Waals surface area contributed by atoms with Crippen molar-refractivity contribution < 1.29 is 22.0 Å². The van der Waals surface area contributed by atoms with Crippen LogP contribution >= 0.6 is 0 Å². The van der Waals surface area contributed by atoms with E-state index in [4.69, 9.17) is 9.85 Å². The van der Waals surface area contributed by atoms with Gasteiger partial charge in [0.25, 0.3) is 0 Å². The number of alkyl halides is 3. The van der Waals surface area contributed by atoms with Gasteiger partial charge < -0.3 is 10.5 Å². The molecule has 2 N–H and O–H groups in total. The first-order valence-corrected chi connectivity index (χ1v) is 3.12. The van der Waals surface area contributed by atoms with Crippen molar-refractivity contribution in [3.05, 3.63) is 17.8 Å². The van der Waals surface area contributed by atoms with Gasteiger partial charge in [-0.3, -0.25) is 0 Å². The van der Waals surface area contributed by atoms with Crippen molar-refractivity contribution in [3.8, 4) is 5.88 Å². The standard InChI is InChI=1S/C7H7F3N2O/c1-13-6-4(11)2-3-5(12-6)7(8,9)10/h2-3H,11H2,1H3/i1D3. The average Bonchev–Trinajstić information content (AvgIpc) is 2.04. The molecule has 0 saturated carbocycles. The minimum Gasteiger partial charge on any atom is -0.480 e. The number of methoxy groups -OCH3 is 1. The Hall–Kier alpha value is -1.46. The van der Waals surface area contributed by atoms with Gasteiger partial charge in [-0.2, -0.15) is 13.2 Å². The molecule has 0 unspecified atom stereocenters. The fourth-order valence-electron chi connectivity index (χ4n) is 0.691. The van der Waals surface area contributed by atoms with Crippen molar-refractivity contribution in [2.75, 3.05) is 12.8 Å². The summed E-state index contributed by atoms with van der Waals surface area (Å²) in [6, 6.07) is 1.53. The minimum absolute atomic E-state index is 0.274. The molecule has 0 atom stereocenters. The molecule has 6 heteroatoms. The summed E-state index contributed by atoms with van der Waals surface area (Å²) in [7, 11) is -2.90. The monoisotopic (exact) mass is 195 g/mol. The lowest BCUT2D eigenvalue weighted by Gasteiger charge is -2.08. The summed E-state index contributed by atoms with van der Waals surface area (Å²) in [6.45, 7) is 0. The average molecular weight is 195 g/mol. The van der Waals surface area contributed by atoms with Crippen LogP contribution in [0.2, 0.25) is 0 Å². The largest absolute Gasteiger partial charge is 0.480 e. The summed E-state index contributed by atoms with van der Waals surface area (Å²) in [5.74, 6) is -0.755. The Morgan fingerprint density at radius 2 is 2.23 bits per heavy atom. The van der Waals surface area contributed by atoms with Crippen LogP contribution in [0, 0.1) is 0 Å². The maximum Gasteiger partial charge on any atom is 0.433 e. The molecule has 0 amide bonds. The molecule has 1 aromatic heterocycles. The van der Waals surface area contributed by atoms with Crippen LogP contribution in [0.3, 0.4) is 0 Å². The fourth-order valence-corrected chi connectivity index (χ4v) is 0.691. The van der Waals surface area contributed by atoms with Crippen LogP contribution in [0.15, 0.2) is 12.1 Å². The van der Waals surface area contributed by atoms with Gasteiger partial charge in [0.1, 0.15) is 5.69 Å². The van der Waals surface area contributed by atoms with Crippen molar-refractivity contribution in [1.82, 2.24) is 4.98 Å². The van der Waals surface area contributed by atoms with Crippen LogP contribution in [0.5, 0.6) is 5.88 Å². The Morgan fingerprint density at radius 3 is 2.77 bits per heavy atom. The number of rotatable bonds is 1. The van der Waals surface area contributed by atoms with Gasteiger partial charge in [0, 0.05) is 0 Å². The topological polar surface area (TPSA) is 48.1 Å². The Morgan fingerprint density at radius 1 is 1.54 bits per heavy atom. The molecular weight excluding hydrogens is 185 g/mol. The fraction of sp³-hybridized carbons (Fsp3) is 0.286. The van der Waals surface area contributed by atoms with Crippen LogP contribution in [0.25, 0.3) is 0 Å². The highest BCUT2D eigenvalue weighted by Crippen LogP contribution is 2.30. The first-order chi connectivity index (χ1) is 7.09. The van der Waals surface area contributed by atoms with E-state index in [9.17, 15) is 13.2 Å². The molecule has 0 spiro atoms. The Bertz CT molecular complexity index is 391. The predicted molar refractivity (Wildman–Crippen MR) is 40.2 cm³/mol. The van der Waals surface area contributed by atoms with Crippen molar-refractivity contribution in [3.63, 3.8) is 0 Å². The summed E-state index contributed by atoms with van der Waals surface area (Å²) in [4.78, 5) is 3.00. The number of pyridine rings is 1. The van der Waals surface area contributed by atoms with E-state index >= 15 is 0 Å². The van der Waals surface area contributed by atoms with Crippen molar-refractivity contribution in [1.29, 1.82) is 0 Å². The lowest BCUT2D eigenvalue weighted by atomic mass is 10.3. The predicted octanol–water partition coefficient (Wildman–Crippen LogP) is 1.69. The number of aromatic nitrogens is 1. The Kier molecular flexibility index (Phi) is 1.45. The maximum atomic E-state index is 12.2. The van der Waals surface area contributed by atoms with Gasteiger partial charge in [-0.15, -0.1) is 0 Å². The number of hydrogen-bond acceptors (Lipinski definition) is 3. The second kappa shape index (κ2) is 3.12. The third-order valence-corrected chi connectivity index (χ3v) is 1.28. The van der Waals surface area contributed by atoms with Gasteiger partial charge in [0.2, 0.25) is 5.88 Å². The second-order valence-electron chi connectivity index (χ2n) is 2.19. The van der Waals surface area contributed by atoms with Gasteiger partial charge >= 0.3 is 6.18 Å². The second-order valence-corrected chi connectivity index (χ2v) is 2.19. The summed E-state index contributed by atoms with van der Waals surface area (Å²) in [5.41, 5.74) is 3.70. The van der Waals surface area contributed by atoms with Crippen molar-refractivity contribution in [2.24, 2.45) is 0 Å². The molecule has 1 rings (SSSR count). The lowest BCUT2D eigenvalue weighted by Crippen LogP contribution is -2.09. The highest BCUT2D eigenvalue weighted by Gasteiger charge is 2.33. The van der Waals surface area contributed by atoms with Crippen molar-refractivity contribution >= 4 is 5.69 Å². The molecule has 0 aliphatic rings. The van der Waals surface area contributed by atoms with Gasteiger partial charge in [0.15, 0.2) is 0 Å². The molecule has 0 bridgehead atoms. The maximum absolute atomic E-state index is 12.2. The van der Waals surface area contributed by atoms with E-state index in [2.05, 4.69) is 9.72 Å². The third-order valence-electron chi connectivity index (χ3n) is 1.28. The number of hydrogen-bond donors (Lipinski definition) is 1. The molecule has 0 saturated heterocycles. The van der Waals surface area contributed by atoms with Gasteiger partial charge in [-0.05, 0) is 12.1 Å². The number of anilines is 1. The highest BCUT2D eigenvalue weighted by atomic mass is 19.4. The number of nitrogens with two attached hydrogens (primary N) is 1. The van der Waals surface area contributed by atoms with Gasteiger partial charge in [-0.25, -0.2) is 4.98 Å². The van der Waals surface area contributed by atoms with Crippen LogP contribution in [0.4, 0.5) is 18.9 Å². The Balaban J connectivity index is 3.10. The molecule has 0 radical (unpaired) electrons. The normalized spacial score (nSPS) is 15.8. The minimum atomic E-state index is -4.68. The molecule has 0 fully saturated rings. The van der Waals surface area contributed by atoms with E-state index in [0.29, 0.717) is 6.07 Å². The number of nitrogen functional groups attached to an aromatic ring is 1. The summed E-state index contributed by atoms with van der Waals surface area (Å²) >= 11 is 0. The molecule has 1 aromatic rings. The molecule has 13 heavy (non-hydrogen) atoms. The van der Waals surface area contributed by atoms with Crippen LogP contribution in [0.1, 0.15) is 9.81 Å². The number of halogens is 3. The third kappa shape index (κ3) is 2.01. The molecule has 3 nitrogen and oxygen atoms in total. The summed E-state index contributed by atoms with van der Waals surface area (Å²) in [6.07, 6.45) is -4.68. The SMILES string of the molecule is [2H]C([2H])([2H])Oc1nc(C(F)(F)F)ccc1N. The summed E-state index contributed by atoms with van der Waals surface area (Å²) < 4.78 is 61.1. The van der Waals surface area contributed by atoms with Crippen LogP contribution in [-0.4, -0.2) is 12.0 Å². The lowest BCUT2D eigenvalue weighted by molar-refractivity contribution is -0.141. The zero-order valence-corrected chi connectivity index (χ0v) is 6.22.